The molecule has 35 heavy (non-hydrogen) atoms. The van der Waals surface area contributed by atoms with Gasteiger partial charge in [-0.05, 0) is 49.1 Å². The van der Waals surface area contributed by atoms with Gasteiger partial charge in [0.15, 0.2) is 5.60 Å². The average Bonchev–Trinajstić information content (AvgIpc) is 3.22. The second-order valence-corrected chi connectivity index (χ2v) is 8.75. The zero-order chi connectivity index (χ0) is 24.9. The summed E-state index contributed by atoms with van der Waals surface area (Å²) in [7, 11) is 0. The number of benzene rings is 1. The molecule has 0 spiro atoms. The third kappa shape index (κ3) is 3.49. The number of cyclic esters (lactones) is 1. The smallest absolute Gasteiger partial charge is 0.458 e. The number of rotatable bonds is 5. The molecule has 0 saturated heterocycles. The second kappa shape index (κ2) is 8.49. The molecule has 182 valence electrons. The number of aliphatic hydroxyl groups is 1. The summed E-state index contributed by atoms with van der Waals surface area (Å²) in [5, 5.41) is 11.9. The highest BCUT2D eigenvalue weighted by atomic mass is 16.7. The van der Waals surface area contributed by atoms with Gasteiger partial charge < -0.3 is 23.9 Å². The maximum Gasteiger partial charge on any atom is 0.513 e. The van der Waals surface area contributed by atoms with Crippen molar-refractivity contribution >= 4 is 23.0 Å². The first-order chi connectivity index (χ1) is 16.8. The van der Waals surface area contributed by atoms with Crippen LogP contribution >= 0.6 is 0 Å². The molecule has 0 amide bonds. The third-order valence-corrected chi connectivity index (χ3v) is 6.76. The van der Waals surface area contributed by atoms with Crippen LogP contribution in [0.25, 0.3) is 22.3 Å². The number of aromatic nitrogens is 2. The Morgan fingerprint density at radius 3 is 2.71 bits per heavy atom. The summed E-state index contributed by atoms with van der Waals surface area (Å²) >= 11 is 0. The Morgan fingerprint density at radius 1 is 1.20 bits per heavy atom. The Kier molecular flexibility index (Phi) is 5.59. The Labute approximate surface area is 201 Å². The molecule has 2 aliphatic rings. The molecular formula is C26H26N2O7. The molecule has 1 atom stereocenters. The maximum atomic E-state index is 13.4. The van der Waals surface area contributed by atoms with Gasteiger partial charge >= 0.3 is 12.1 Å². The quantitative estimate of drug-likeness (QED) is 0.342. The average molecular weight is 479 g/mol. The highest BCUT2D eigenvalue weighted by Crippen LogP contribution is 2.40. The van der Waals surface area contributed by atoms with Crippen molar-refractivity contribution in [3.63, 3.8) is 0 Å². The molecule has 9 heteroatoms. The van der Waals surface area contributed by atoms with Crippen LogP contribution in [0.15, 0.2) is 29.1 Å². The van der Waals surface area contributed by atoms with Crippen molar-refractivity contribution in [2.75, 3.05) is 6.61 Å². The zero-order valence-electron chi connectivity index (χ0n) is 19.8. The summed E-state index contributed by atoms with van der Waals surface area (Å²) in [5.41, 5.74) is 2.15. The molecule has 1 aromatic carbocycles. The minimum absolute atomic E-state index is 0.0867. The van der Waals surface area contributed by atoms with E-state index >= 15 is 0 Å². The number of carbonyl (C=O) groups is 2. The fourth-order valence-electron chi connectivity index (χ4n) is 4.92. The lowest BCUT2D eigenvalue weighted by molar-refractivity contribution is -0.172. The number of ether oxygens (including phenoxy) is 3. The van der Waals surface area contributed by atoms with Crippen molar-refractivity contribution in [3.05, 3.63) is 56.9 Å². The SMILES string of the molecule is CCCOC(=O)Oc1ccc2nc3c(c(CC)c2c1)Cn1c-3cc2c(c1=O)COC(=O)C2(O)CC. The number of aryl methyl sites for hydroxylation is 1. The maximum absolute atomic E-state index is 13.4. The molecule has 9 nitrogen and oxygen atoms in total. The fraction of sp³-hybridized carbons (Fsp3) is 0.385. The molecule has 4 heterocycles. The number of hydrogen-bond acceptors (Lipinski definition) is 8. The summed E-state index contributed by atoms with van der Waals surface area (Å²) in [6.45, 7) is 6.01. The lowest BCUT2D eigenvalue weighted by atomic mass is 9.86. The molecule has 0 saturated carbocycles. The van der Waals surface area contributed by atoms with E-state index in [4.69, 9.17) is 19.2 Å². The van der Waals surface area contributed by atoms with Gasteiger partial charge in [-0.2, -0.15) is 0 Å². The molecule has 0 radical (unpaired) electrons. The van der Waals surface area contributed by atoms with E-state index in [9.17, 15) is 19.5 Å². The number of pyridine rings is 2. The lowest BCUT2D eigenvalue weighted by Crippen LogP contribution is -2.44. The first-order valence-corrected chi connectivity index (χ1v) is 11.8. The van der Waals surface area contributed by atoms with E-state index in [0.717, 1.165) is 16.5 Å². The topological polar surface area (TPSA) is 117 Å². The summed E-state index contributed by atoms with van der Waals surface area (Å²) in [6, 6.07) is 6.87. The van der Waals surface area contributed by atoms with Crippen molar-refractivity contribution in [1.82, 2.24) is 9.55 Å². The van der Waals surface area contributed by atoms with Crippen LogP contribution in [0.4, 0.5) is 4.79 Å². The molecule has 1 unspecified atom stereocenters. The Bertz CT molecular complexity index is 1440. The van der Waals surface area contributed by atoms with Crippen LogP contribution in [0.1, 0.15) is 55.9 Å². The van der Waals surface area contributed by atoms with Gasteiger partial charge in [0.1, 0.15) is 12.4 Å². The number of nitrogens with zero attached hydrogens (tertiary/aromatic N) is 2. The van der Waals surface area contributed by atoms with Crippen LogP contribution in [-0.2, 0) is 39.4 Å². The molecule has 2 aromatic heterocycles. The van der Waals surface area contributed by atoms with Crippen molar-refractivity contribution in [2.45, 2.75) is 58.8 Å². The van der Waals surface area contributed by atoms with E-state index < -0.39 is 17.7 Å². The minimum Gasteiger partial charge on any atom is -0.458 e. The lowest BCUT2D eigenvalue weighted by Gasteiger charge is -2.31. The van der Waals surface area contributed by atoms with Crippen LogP contribution in [0.5, 0.6) is 5.75 Å². The second-order valence-electron chi connectivity index (χ2n) is 8.75. The standard InChI is InChI=1S/C26H26N2O7/c1-4-9-33-25(31)35-14-7-8-20-16(10-14)15(5-2)17-12-28-21(22(17)27-20)11-19-18(23(28)29)13-34-24(30)26(19,32)6-3/h7-8,10-11,32H,4-6,9,12-13H2,1-3H3. The molecule has 0 bridgehead atoms. The van der Waals surface area contributed by atoms with Gasteiger partial charge in [0.05, 0.1) is 35.6 Å². The van der Waals surface area contributed by atoms with Gasteiger partial charge in [-0.1, -0.05) is 20.8 Å². The third-order valence-electron chi connectivity index (χ3n) is 6.76. The molecule has 1 N–H and O–H groups in total. The van der Waals surface area contributed by atoms with Gasteiger partial charge in [-0.25, -0.2) is 14.6 Å². The predicted octanol–water partition coefficient (Wildman–Crippen LogP) is 3.57. The monoisotopic (exact) mass is 478 g/mol. The van der Waals surface area contributed by atoms with Gasteiger partial charge in [-0.3, -0.25) is 4.79 Å². The fourth-order valence-corrected chi connectivity index (χ4v) is 4.92. The van der Waals surface area contributed by atoms with Crippen LogP contribution in [0, 0.1) is 0 Å². The zero-order valence-corrected chi connectivity index (χ0v) is 19.8. The van der Waals surface area contributed by atoms with Gasteiger partial charge in [0.2, 0.25) is 0 Å². The molecule has 5 rings (SSSR count). The molecule has 2 aliphatic heterocycles. The van der Waals surface area contributed by atoms with Crippen molar-refractivity contribution < 1.29 is 28.9 Å². The van der Waals surface area contributed by atoms with Crippen LogP contribution < -0.4 is 10.3 Å². The van der Waals surface area contributed by atoms with Crippen molar-refractivity contribution in [3.8, 4) is 17.1 Å². The number of hydrogen-bond donors (Lipinski definition) is 1. The van der Waals surface area contributed by atoms with Crippen LogP contribution in [0.2, 0.25) is 0 Å². The van der Waals surface area contributed by atoms with Crippen molar-refractivity contribution in [2.24, 2.45) is 0 Å². The Balaban J connectivity index is 1.65. The predicted molar refractivity (Wildman–Crippen MR) is 126 cm³/mol. The molecule has 0 aliphatic carbocycles. The van der Waals surface area contributed by atoms with E-state index in [2.05, 4.69) is 0 Å². The Hall–Kier alpha value is -3.72. The summed E-state index contributed by atoms with van der Waals surface area (Å²) in [4.78, 5) is 42.5. The minimum atomic E-state index is -1.87. The highest BCUT2D eigenvalue weighted by Gasteiger charge is 2.45. The van der Waals surface area contributed by atoms with E-state index in [1.807, 2.05) is 13.8 Å². The molecular weight excluding hydrogens is 452 g/mol. The summed E-state index contributed by atoms with van der Waals surface area (Å²) in [5.74, 6) is -0.400. The van der Waals surface area contributed by atoms with Gasteiger partial charge in [0.25, 0.3) is 5.56 Å². The molecule has 0 fully saturated rings. The van der Waals surface area contributed by atoms with Crippen LogP contribution in [0.3, 0.4) is 0 Å². The summed E-state index contributed by atoms with van der Waals surface area (Å²) in [6.07, 6.45) is 0.683. The first-order valence-electron chi connectivity index (χ1n) is 11.8. The largest absolute Gasteiger partial charge is 0.513 e. The summed E-state index contributed by atoms with van der Waals surface area (Å²) < 4.78 is 17.1. The van der Waals surface area contributed by atoms with Gasteiger partial charge in [-0.15, -0.1) is 0 Å². The van der Waals surface area contributed by atoms with Crippen LogP contribution in [-0.4, -0.2) is 33.4 Å². The van der Waals surface area contributed by atoms with Crippen molar-refractivity contribution in [1.29, 1.82) is 0 Å². The van der Waals surface area contributed by atoms with E-state index in [1.54, 1.807) is 35.8 Å². The number of fused-ring (bicyclic) bond motifs is 5. The molecule has 3 aromatic rings. The van der Waals surface area contributed by atoms with E-state index in [-0.39, 0.29) is 36.3 Å². The van der Waals surface area contributed by atoms with Gasteiger partial charge in [0, 0.05) is 16.5 Å². The normalized spacial score (nSPS) is 18.0. The van der Waals surface area contributed by atoms with E-state index in [0.29, 0.717) is 42.0 Å². The first kappa shape index (κ1) is 23.0. The highest BCUT2D eigenvalue weighted by molar-refractivity contribution is 5.90. The Morgan fingerprint density at radius 2 is 2.00 bits per heavy atom. The number of esters is 1. The van der Waals surface area contributed by atoms with E-state index in [1.165, 1.54) is 0 Å². The number of carbonyl (C=O) groups excluding carboxylic acids is 2.